The van der Waals surface area contributed by atoms with Gasteiger partial charge in [-0.05, 0) is 51.2 Å². The fraction of sp³-hybridized carbons (Fsp3) is 0.280. The molecule has 6 heteroatoms. The molecule has 1 saturated heterocycles. The van der Waals surface area contributed by atoms with Crippen LogP contribution in [-0.4, -0.2) is 42.5 Å². The van der Waals surface area contributed by atoms with E-state index >= 15 is 0 Å². The fourth-order valence-corrected chi connectivity index (χ4v) is 4.52. The maximum Gasteiger partial charge on any atom is 0.258 e. The largest absolute Gasteiger partial charge is 0.483 e. The van der Waals surface area contributed by atoms with Crippen LogP contribution in [0.15, 0.2) is 71.2 Å². The van der Waals surface area contributed by atoms with E-state index in [4.69, 9.17) is 4.74 Å². The van der Waals surface area contributed by atoms with Crippen LogP contribution >= 0.6 is 15.9 Å². The van der Waals surface area contributed by atoms with Gasteiger partial charge in [-0.2, -0.15) is 0 Å². The summed E-state index contributed by atoms with van der Waals surface area (Å²) in [7, 11) is 0. The van der Waals surface area contributed by atoms with Crippen molar-refractivity contribution in [1.29, 1.82) is 0 Å². The van der Waals surface area contributed by atoms with Crippen LogP contribution in [0, 0.1) is 0 Å². The van der Waals surface area contributed by atoms with Crippen molar-refractivity contribution in [2.24, 2.45) is 0 Å². The number of carbonyl (C=O) groups is 2. The van der Waals surface area contributed by atoms with E-state index in [1.165, 1.54) is 0 Å². The van der Waals surface area contributed by atoms with Gasteiger partial charge in [-0.3, -0.25) is 9.59 Å². The highest BCUT2D eigenvalue weighted by atomic mass is 79.9. The van der Waals surface area contributed by atoms with E-state index in [-0.39, 0.29) is 18.4 Å². The number of hydrogen-bond donors (Lipinski definition) is 1. The first-order valence-electron chi connectivity index (χ1n) is 10.5. The summed E-state index contributed by atoms with van der Waals surface area (Å²) in [6, 6.07) is 20.9. The lowest BCUT2D eigenvalue weighted by atomic mass is 10.0. The smallest absolute Gasteiger partial charge is 0.258 e. The van der Waals surface area contributed by atoms with Crippen LogP contribution in [0.25, 0.3) is 10.8 Å². The first-order valence-corrected chi connectivity index (χ1v) is 11.3. The Morgan fingerprint density at radius 3 is 2.45 bits per heavy atom. The number of fused-ring (bicyclic) bond motifs is 1. The second kappa shape index (κ2) is 9.96. The number of halogens is 1. The normalized spacial score (nSPS) is 14.4. The number of carbonyl (C=O) groups excluding carboxylic acids is 2. The Kier molecular flexibility index (Phi) is 6.87. The number of benzene rings is 3. The van der Waals surface area contributed by atoms with E-state index in [1.807, 2.05) is 71.6 Å². The van der Waals surface area contributed by atoms with E-state index in [9.17, 15) is 9.59 Å². The van der Waals surface area contributed by atoms with Crippen molar-refractivity contribution in [3.05, 3.63) is 76.8 Å². The van der Waals surface area contributed by atoms with Crippen LogP contribution in [0.3, 0.4) is 0 Å². The van der Waals surface area contributed by atoms with Crippen molar-refractivity contribution in [2.45, 2.75) is 25.3 Å². The zero-order valence-corrected chi connectivity index (χ0v) is 18.8. The van der Waals surface area contributed by atoms with Gasteiger partial charge in [0.25, 0.3) is 5.91 Å². The van der Waals surface area contributed by atoms with E-state index in [1.54, 1.807) is 0 Å². The lowest BCUT2D eigenvalue weighted by Crippen LogP contribution is -2.50. The molecule has 1 aliphatic heterocycles. The molecule has 0 aliphatic carbocycles. The summed E-state index contributed by atoms with van der Waals surface area (Å²) in [5.41, 5.74) is 1.01. The van der Waals surface area contributed by atoms with Gasteiger partial charge in [-0.25, -0.2) is 0 Å². The Morgan fingerprint density at radius 1 is 0.968 bits per heavy atom. The van der Waals surface area contributed by atoms with Gasteiger partial charge in [-0.1, -0.05) is 60.7 Å². The van der Waals surface area contributed by atoms with Gasteiger partial charge < -0.3 is 15.0 Å². The van der Waals surface area contributed by atoms with E-state index in [0.29, 0.717) is 12.2 Å². The zero-order chi connectivity index (χ0) is 21.6. The summed E-state index contributed by atoms with van der Waals surface area (Å²) in [4.78, 5) is 27.6. The van der Waals surface area contributed by atoms with Gasteiger partial charge in [0, 0.05) is 19.5 Å². The zero-order valence-electron chi connectivity index (χ0n) is 17.2. The molecule has 1 fully saturated rings. The Labute approximate surface area is 190 Å². The van der Waals surface area contributed by atoms with Gasteiger partial charge in [0.1, 0.15) is 11.8 Å². The summed E-state index contributed by atoms with van der Waals surface area (Å²) in [6.07, 6.45) is 2.48. The van der Waals surface area contributed by atoms with Crippen LogP contribution < -0.4 is 10.1 Å². The third-order valence-electron chi connectivity index (χ3n) is 5.52. The van der Waals surface area contributed by atoms with Crippen molar-refractivity contribution in [3.63, 3.8) is 0 Å². The summed E-state index contributed by atoms with van der Waals surface area (Å²) in [5, 5.41) is 5.01. The van der Waals surface area contributed by atoms with Crippen LogP contribution in [0.5, 0.6) is 5.75 Å². The summed E-state index contributed by atoms with van der Waals surface area (Å²) in [5.74, 6) is 0.259. The van der Waals surface area contributed by atoms with Gasteiger partial charge >= 0.3 is 0 Å². The second-order valence-electron chi connectivity index (χ2n) is 7.73. The number of nitrogens with zero attached hydrogens (tertiary/aromatic N) is 1. The Balaban J connectivity index is 1.43. The van der Waals surface area contributed by atoms with Crippen molar-refractivity contribution >= 4 is 38.5 Å². The number of ether oxygens (including phenoxy) is 1. The lowest BCUT2D eigenvalue weighted by molar-refractivity contribution is -0.136. The first kappa shape index (κ1) is 21.4. The highest BCUT2D eigenvalue weighted by Gasteiger charge is 2.28. The first-order chi connectivity index (χ1) is 15.1. The predicted molar refractivity (Wildman–Crippen MR) is 125 cm³/mol. The molecule has 0 radical (unpaired) electrons. The monoisotopic (exact) mass is 480 g/mol. The Hall–Kier alpha value is -2.86. The lowest BCUT2D eigenvalue weighted by Gasteiger charge is -2.24. The quantitative estimate of drug-likeness (QED) is 0.547. The Bertz CT molecular complexity index is 1060. The van der Waals surface area contributed by atoms with Crippen molar-refractivity contribution < 1.29 is 14.3 Å². The molecule has 160 valence electrons. The van der Waals surface area contributed by atoms with Gasteiger partial charge in [0.2, 0.25) is 5.91 Å². The summed E-state index contributed by atoms with van der Waals surface area (Å²) in [6.45, 7) is 1.34. The highest BCUT2D eigenvalue weighted by molar-refractivity contribution is 9.10. The molecular weight excluding hydrogens is 456 g/mol. The maximum absolute atomic E-state index is 13.0. The molecule has 31 heavy (non-hydrogen) atoms. The molecule has 5 nitrogen and oxygen atoms in total. The highest BCUT2D eigenvalue weighted by Crippen LogP contribution is 2.32. The molecule has 2 amide bonds. The number of nitrogens with one attached hydrogen (secondary N) is 1. The minimum absolute atomic E-state index is 0.0263. The minimum atomic E-state index is -0.600. The molecule has 1 N–H and O–H groups in total. The molecule has 1 heterocycles. The van der Waals surface area contributed by atoms with Crippen molar-refractivity contribution in [3.8, 4) is 5.75 Å². The molecule has 3 aromatic carbocycles. The number of amides is 2. The van der Waals surface area contributed by atoms with Crippen LogP contribution in [0.4, 0.5) is 0 Å². The number of hydrogen-bond acceptors (Lipinski definition) is 3. The number of rotatable bonds is 7. The third kappa shape index (κ3) is 5.25. The molecule has 1 aliphatic rings. The average molecular weight is 481 g/mol. The van der Waals surface area contributed by atoms with E-state index in [2.05, 4.69) is 21.2 Å². The van der Waals surface area contributed by atoms with Crippen LogP contribution in [0.1, 0.15) is 18.4 Å². The van der Waals surface area contributed by atoms with Crippen LogP contribution in [0.2, 0.25) is 0 Å². The predicted octanol–water partition coefficient (Wildman–Crippen LogP) is 4.33. The maximum atomic E-state index is 13.0. The van der Waals surface area contributed by atoms with E-state index < -0.39 is 6.04 Å². The fourth-order valence-electron chi connectivity index (χ4n) is 3.91. The summed E-state index contributed by atoms with van der Waals surface area (Å²) < 4.78 is 6.59. The molecular formula is C25H25BrN2O3. The minimum Gasteiger partial charge on any atom is -0.483 e. The van der Waals surface area contributed by atoms with Crippen molar-refractivity contribution in [2.75, 3.05) is 19.7 Å². The molecule has 1 unspecified atom stereocenters. The van der Waals surface area contributed by atoms with Gasteiger partial charge in [-0.15, -0.1) is 0 Å². The van der Waals surface area contributed by atoms with E-state index in [0.717, 1.165) is 46.7 Å². The molecule has 0 saturated carbocycles. The average Bonchev–Trinajstić information content (AvgIpc) is 3.34. The Morgan fingerprint density at radius 2 is 1.68 bits per heavy atom. The third-order valence-corrected chi connectivity index (χ3v) is 6.34. The molecule has 0 spiro atoms. The van der Waals surface area contributed by atoms with Crippen molar-refractivity contribution in [1.82, 2.24) is 10.2 Å². The molecule has 4 rings (SSSR count). The van der Waals surface area contributed by atoms with Gasteiger partial charge in [0.05, 0.1) is 4.47 Å². The molecule has 0 aromatic heterocycles. The van der Waals surface area contributed by atoms with Gasteiger partial charge in [0.15, 0.2) is 6.61 Å². The molecule has 3 aromatic rings. The van der Waals surface area contributed by atoms with Crippen LogP contribution in [-0.2, 0) is 16.0 Å². The molecule has 1 atom stereocenters. The second-order valence-corrected chi connectivity index (χ2v) is 8.52. The summed E-state index contributed by atoms with van der Waals surface area (Å²) >= 11 is 3.58. The number of likely N-dealkylation sites (tertiary alicyclic amines) is 1. The molecule has 0 bridgehead atoms. The SMILES string of the molecule is O=C(COc1ccc2ccccc2c1Br)NC(Cc1ccccc1)C(=O)N1CCCC1. The topological polar surface area (TPSA) is 58.6 Å². The standard InChI is InChI=1S/C25H25BrN2O3/c26-24-20-11-5-4-10-19(20)12-13-22(24)31-17-23(29)27-21(16-18-8-2-1-3-9-18)25(30)28-14-6-7-15-28/h1-5,8-13,21H,6-7,14-17H2,(H,27,29).